The molecule has 0 radical (unpaired) electrons. The molecule has 2 amide bonds. The average molecular weight is 232 g/mol. The Bertz CT molecular complexity index is 275. The van der Waals surface area contributed by atoms with Gasteiger partial charge in [-0.25, -0.2) is 4.79 Å². The fourth-order valence-corrected chi connectivity index (χ4v) is 1.82. The summed E-state index contributed by atoms with van der Waals surface area (Å²) in [5, 5.41) is 5.14. The van der Waals surface area contributed by atoms with Gasteiger partial charge in [-0.2, -0.15) is 0 Å². The normalized spacial score (nSPS) is 25.2. The Morgan fingerprint density at radius 3 is 2.53 bits per heavy atom. The van der Waals surface area contributed by atoms with Crippen LogP contribution in [-0.4, -0.2) is 35.3 Å². The number of amides is 2. The molecule has 1 heterocycles. The Morgan fingerprint density at radius 2 is 2.13 bits per heavy atom. The predicted octanol–water partition coefficient (Wildman–Crippen LogP) is 0.699. The number of hydrogen-bond donors (Lipinski definition) is 2. The van der Waals surface area contributed by atoms with Gasteiger partial charge in [-0.15, -0.1) is 11.8 Å². The van der Waals surface area contributed by atoms with Gasteiger partial charge in [0.25, 0.3) is 0 Å². The minimum Gasteiger partial charge on any atom is -0.444 e. The quantitative estimate of drug-likeness (QED) is 0.688. The number of carbonyl (C=O) groups is 2. The zero-order chi connectivity index (χ0) is 11.6. The van der Waals surface area contributed by atoms with Gasteiger partial charge in [0.15, 0.2) is 0 Å². The van der Waals surface area contributed by atoms with Crippen molar-refractivity contribution in [3.8, 4) is 0 Å². The van der Waals surface area contributed by atoms with E-state index in [1.807, 2.05) is 6.26 Å². The standard InChI is InChI=1S/C9H16N2O3S/c1-9(2,3)14-8(13)10-5-6(12)11-7(5)15-4/h5,7H,1-4H3,(H,10,13)(H,11,12)/t5-,7-/m1/s1. The minimum absolute atomic E-state index is 0.0509. The second kappa shape index (κ2) is 4.30. The van der Waals surface area contributed by atoms with Crippen LogP contribution in [0.15, 0.2) is 0 Å². The van der Waals surface area contributed by atoms with Gasteiger partial charge in [-0.1, -0.05) is 0 Å². The van der Waals surface area contributed by atoms with Crippen LogP contribution in [0.1, 0.15) is 20.8 Å². The van der Waals surface area contributed by atoms with Gasteiger partial charge in [0, 0.05) is 0 Å². The monoisotopic (exact) mass is 232 g/mol. The molecule has 0 aromatic heterocycles. The average Bonchev–Trinajstić information content (AvgIpc) is 2.07. The topological polar surface area (TPSA) is 67.4 Å². The lowest BCUT2D eigenvalue weighted by atomic mass is 10.1. The molecule has 0 aromatic carbocycles. The van der Waals surface area contributed by atoms with Gasteiger partial charge in [0.1, 0.15) is 17.0 Å². The second-order valence-corrected chi connectivity index (χ2v) is 5.27. The molecule has 0 unspecified atom stereocenters. The zero-order valence-corrected chi connectivity index (χ0v) is 10.1. The number of nitrogens with one attached hydrogen (secondary N) is 2. The van der Waals surface area contributed by atoms with E-state index in [-0.39, 0.29) is 11.3 Å². The number of ether oxygens (including phenoxy) is 1. The van der Waals surface area contributed by atoms with E-state index in [1.165, 1.54) is 11.8 Å². The predicted molar refractivity (Wildman–Crippen MR) is 58.6 cm³/mol. The Labute approximate surface area is 93.3 Å². The van der Waals surface area contributed by atoms with Crippen LogP contribution in [0.25, 0.3) is 0 Å². The highest BCUT2D eigenvalue weighted by Crippen LogP contribution is 2.17. The molecule has 1 fully saturated rings. The number of rotatable bonds is 2. The lowest BCUT2D eigenvalue weighted by Gasteiger charge is -2.35. The molecule has 1 rings (SSSR count). The minimum atomic E-state index is -0.554. The maximum Gasteiger partial charge on any atom is 0.408 e. The van der Waals surface area contributed by atoms with E-state index >= 15 is 0 Å². The first kappa shape index (κ1) is 12.2. The molecule has 15 heavy (non-hydrogen) atoms. The third-order valence-corrected chi connectivity index (χ3v) is 2.69. The van der Waals surface area contributed by atoms with Gasteiger partial charge in [0.2, 0.25) is 5.91 Å². The van der Waals surface area contributed by atoms with Gasteiger partial charge >= 0.3 is 6.09 Å². The SMILES string of the molecule is CS[C@H]1NC(=O)[C@H]1NC(=O)OC(C)(C)C. The molecule has 1 aliphatic rings. The van der Waals surface area contributed by atoms with Gasteiger partial charge < -0.3 is 15.4 Å². The van der Waals surface area contributed by atoms with Crippen LogP contribution in [0.3, 0.4) is 0 Å². The van der Waals surface area contributed by atoms with Crippen LogP contribution in [0, 0.1) is 0 Å². The number of thioether (sulfide) groups is 1. The third kappa shape index (κ3) is 3.30. The molecule has 1 aliphatic heterocycles. The van der Waals surface area contributed by atoms with Crippen LogP contribution in [0.5, 0.6) is 0 Å². The molecule has 2 atom stereocenters. The largest absolute Gasteiger partial charge is 0.444 e. The third-order valence-electron chi connectivity index (χ3n) is 1.80. The highest BCUT2D eigenvalue weighted by atomic mass is 32.2. The van der Waals surface area contributed by atoms with Crippen molar-refractivity contribution in [2.45, 2.75) is 37.8 Å². The molecule has 0 aliphatic carbocycles. The van der Waals surface area contributed by atoms with Crippen molar-refractivity contribution in [2.24, 2.45) is 0 Å². The van der Waals surface area contributed by atoms with Crippen LogP contribution >= 0.6 is 11.8 Å². The van der Waals surface area contributed by atoms with Gasteiger partial charge in [-0.3, -0.25) is 4.79 Å². The fourth-order valence-electron chi connectivity index (χ4n) is 1.13. The first-order valence-electron chi connectivity index (χ1n) is 4.66. The molecule has 0 bridgehead atoms. The Balaban J connectivity index is 2.41. The first-order chi connectivity index (χ1) is 6.83. The number of alkyl carbamates (subject to hydrolysis) is 1. The van der Waals surface area contributed by atoms with Gasteiger partial charge in [-0.05, 0) is 27.0 Å². The number of carbonyl (C=O) groups excluding carboxylic acids is 2. The Morgan fingerprint density at radius 1 is 1.53 bits per heavy atom. The molecule has 86 valence electrons. The molecule has 5 nitrogen and oxygen atoms in total. The summed E-state index contributed by atoms with van der Waals surface area (Å²) in [6.07, 6.45) is 1.31. The lowest BCUT2D eigenvalue weighted by molar-refractivity contribution is -0.129. The molecular weight excluding hydrogens is 216 g/mol. The van der Waals surface area contributed by atoms with Crippen molar-refractivity contribution in [1.82, 2.24) is 10.6 Å². The maximum atomic E-state index is 11.3. The fraction of sp³-hybridized carbons (Fsp3) is 0.778. The van der Waals surface area contributed by atoms with Crippen LogP contribution < -0.4 is 10.6 Å². The Hall–Kier alpha value is -0.910. The summed E-state index contributed by atoms with van der Waals surface area (Å²) in [6, 6.07) is -0.477. The number of hydrogen-bond acceptors (Lipinski definition) is 4. The van der Waals surface area contributed by atoms with E-state index in [0.717, 1.165) is 0 Å². The summed E-state index contributed by atoms with van der Waals surface area (Å²) in [7, 11) is 0. The molecule has 0 saturated carbocycles. The number of β-lactam (4-membered cyclic amide) rings is 1. The molecular formula is C9H16N2O3S. The summed E-state index contributed by atoms with van der Waals surface area (Å²) in [5.74, 6) is -0.166. The van der Waals surface area contributed by atoms with Crippen molar-refractivity contribution in [2.75, 3.05) is 6.26 Å². The van der Waals surface area contributed by atoms with Crippen molar-refractivity contribution < 1.29 is 14.3 Å². The Kier molecular flexibility index (Phi) is 3.49. The van der Waals surface area contributed by atoms with Crippen LogP contribution in [0.4, 0.5) is 4.79 Å². The summed E-state index contributed by atoms with van der Waals surface area (Å²) < 4.78 is 5.05. The van der Waals surface area contributed by atoms with Crippen molar-refractivity contribution in [3.05, 3.63) is 0 Å². The van der Waals surface area contributed by atoms with E-state index < -0.39 is 17.7 Å². The maximum absolute atomic E-state index is 11.3. The van der Waals surface area contributed by atoms with Crippen LogP contribution in [0.2, 0.25) is 0 Å². The molecule has 0 spiro atoms. The van der Waals surface area contributed by atoms with E-state index in [4.69, 9.17) is 4.74 Å². The summed E-state index contributed by atoms with van der Waals surface area (Å²) in [4.78, 5) is 22.5. The lowest BCUT2D eigenvalue weighted by Crippen LogP contribution is -2.67. The first-order valence-corrected chi connectivity index (χ1v) is 5.95. The summed E-state index contributed by atoms with van der Waals surface area (Å²) in [6.45, 7) is 5.33. The summed E-state index contributed by atoms with van der Waals surface area (Å²) >= 11 is 1.48. The highest BCUT2D eigenvalue weighted by molar-refractivity contribution is 7.99. The molecule has 6 heteroatoms. The highest BCUT2D eigenvalue weighted by Gasteiger charge is 2.40. The van der Waals surface area contributed by atoms with Crippen molar-refractivity contribution in [3.63, 3.8) is 0 Å². The van der Waals surface area contributed by atoms with E-state index in [0.29, 0.717) is 0 Å². The van der Waals surface area contributed by atoms with Gasteiger partial charge in [0.05, 0.1) is 0 Å². The summed E-state index contributed by atoms with van der Waals surface area (Å²) in [5.41, 5.74) is -0.542. The second-order valence-electron chi connectivity index (χ2n) is 4.29. The van der Waals surface area contributed by atoms with E-state index in [1.54, 1.807) is 20.8 Å². The molecule has 2 N–H and O–H groups in total. The molecule has 0 aromatic rings. The van der Waals surface area contributed by atoms with E-state index in [2.05, 4.69) is 10.6 Å². The van der Waals surface area contributed by atoms with Crippen LogP contribution in [-0.2, 0) is 9.53 Å². The van der Waals surface area contributed by atoms with Crippen molar-refractivity contribution >= 4 is 23.8 Å². The van der Waals surface area contributed by atoms with E-state index in [9.17, 15) is 9.59 Å². The smallest absolute Gasteiger partial charge is 0.408 e. The molecule has 1 saturated heterocycles. The zero-order valence-electron chi connectivity index (χ0n) is 9.29. The van der Waals surface area contributed by atoms with Crippen molar-refractivity contribution in [1.29, 1.82) is 0 Å².